The summed E-state index contributed by atoms with van der Waals surface area (Å²) in [6, 6.07) is 0.148. The van der Waals surface area contributed by atoms with E-state index in [-0.39, 0.29) is 17.5 Å². The molecule has 7 heteroatoms. The van der Waals surface area contributed by atoms with E-state index in [1.54, 1.807) is 0 Å². The molecule has 1 atom stereocenters. The fraction of sp³-hybridized carbons (Fsp3) is 0.773. The van der Waals surface area contributed by atoms with E-state index >= 15 is 0 Å². The van der Waals surface area contributed by atoms with Crippen molar-refractivity contribution in [2.24, 2.45) is 10.9 Å². The number of aromatic amines is 1. The predicted molar refractivity (Wildman–Crippen MR) is 115 cm³/mol. The van der Waals surface area contributed by atoms with Crippen molar-refractivity contribution >= 4 is 17.7 Å². The molecule has 0 spiro atoms. The number of urea groups is 1. The number of rotatable bonds is 5. The number of imidazole rings is 1. The highest BCUT2D eigenvalue weighted by Gasteiger charge is 2.45. The quantitative estimate of drug-likeness (QED) is 0.786. The van der Waals surface area contributed by atoms with Gasteiger partial charge in [0, 0.05) is 12.0 Å². The Kier molecular flexibility index (Phi) is 5.00. The molecule has 1 aromatic rings. The highest BCUT2D eigenvalue weighted by Crippen LogP contribution is 2.43. The minimum Gasteiger partial charge on any atom is -0.390 e. The van der Waals surface area contributed by atoms with E-state index in [9.17, 15) is 9.90 Å². The van der Waals surface area contributed by atoms with E-state index in [4.69, 9.17) is 9.98 Å². The summed E-state index contributed by atoms with van der Waals surface area (Å²) >= 11 is 0. The third-order valence-corrected chi connectivity index (χ3v) is 6.77. The van der Waals surface area contributed by atoms with Crippen LogP contribution in [0.5, 0.6) is 0 Å². The second kappa shape index (κ2) is 7.11. The standard InChI is InChI=1S/C22H35N5O2/c1-6-11-26-18-16(17-23-15(12-14(2)3)13-27(17)20(26)28)24-19(25-18)21(4)7-9-22(5,29)10-8-21/h14-15,29H,6-13H2,1-5H3,(H,24,25)/t15-,21?,22?/m1/s1. The summed E-state index contributed by atoms with van der Waals surface area (Å²) in [6.45, 7) is 11.9. The number of amidine groups is 1. The van der Waals surface area contributed by atoms with Gasteiger partial charge in [-0.2, -0.15) is 0 Å². The molecule has 0 bridgehead atoms. The van der Waals surface area contributed by atoms with Gasteiger partial charge in [0.2, 0.25) is 0 Å². The lowest BCUT2D eigenvalue weighted by Crippen LogP contribution is -2.50. The van der Waals surface area contributed by atoms with Crippen LogP contribution < -0.4 is 4.90 Å². The van der Waals surface area contributed by atoms with Crippen molar-refractivity contribution in [2.45, 2.75) is 90.2 Å². The molecule has 29 heavy (non-hydrogen) atoms. The van der Waals surface area contributed by atoms with Crippen LogP contribution >= 0.6 is 0 Å². The Morgan fingerprint density at radius 3 is 2.55 bits per heavy atom. The van der Waals surface area contributed by atoms with Gasteiger partial charge < -0.3 is 10.1 Å². The third kappa shape index (κ3) is 3.58. The van der Waals surface area contributed by atoms with Gasteiger partial charge in [-0.1, -0.05) is 27.7 Å². The number of carbonyl (C=O) groups excluding carboxylic acids is 1. The molecule has 4 rings (SSSR count). The van der Waals surface area contributed by atoms with Gasteiger partial charge in [-0.3, -0.25) is 14.8 Å². The molecule has 3 heterocycles. The van der Waals surface area contributed by atoms with Crippen LogP contribution in [0.1, 0.15) is 84.7 Å². The van der Waals surface area contributed by atoms with Crippen molar-refractivity contribution in [3.05, 3.63) is 11.5 Å². The molecule has 2 amide bonds. The molecule has 2 aliphatic heterocycles. The van der Waals surface area contributed by atoms with Gasteiger partial charge in [-0.25, -0.2) is 9.78 Å². The first kappa shape index (κ1) is 20.4. The molecule has 1 aliphatic carbocycles. The van der Waals surface area contributed by atoms with Gasteiger partial charge in [-0.15, -0.1) is 0 Å². The minimum absolute atomic E-state index is 0.000799. The number of fused-ring (bicyclic) bond motifs is 3. The lowest BCUT2D eigenvalue weighted by Gasteiger charge is -2.39. The molecular weight excluding hydrogens is 366 g/mol. The second-order valence-corrected chi connectivity index (χ2v) is 10.1. The van der Waals surface area contributed by atoms with E-state index in [2.05, 4.69) is 32.7 Å². The summed E-state index contributed by atoms with van der Waals surface area (Å²) in [7, 11) is 0. The largest absolute Gasteiger partial charge is 0.390 e. The van der Waals surface area contributed by atoms with Crippen LogP contribution in [-0.2, 0) is 5.41 Å². The summed E-state index contributed by atoms with van der Waals surface area (Å²) in [4.78, 5) is 30.3. The Morgan fingerprint density at radius 2 is 1.93 bits per heavy atom. The summed E-state index contributed by atoms with van der Waals surface area (Å²) in [5.74, 6) is 2.95. The number of hydrogen-bond acceptors (Lipinski definition) is 4. The number of nitrogens with one attached hydrogen (secondary N) is 1. The maximum Gasteiger partial charge on any atom is 0.331 e. The summed E-state index contributed by atoms with van der Waals surface area (Å²) in [5.41, 5.74) is 0.173. The van der Waals surface area contributed by atoms with Gasteiger partial charge in [0.1, 0.15) is 11.5 Å². The average molecular weight is 402 g/mol. The Morgan fingerprint density at radius 1 is 1.24 bits per heavy atom. The molecule has 7 nitrogen and oxygen atoms in total. The molecule has 160 valence electrons. The van der Waals surface area contributed by atoms with Crippen molar-refractivity contribution in [1.82, 2.24) is 14.9 Å². The first-order valence-corrected chi connectivity index (χ1v) is 11.1. The van der Waals surface area contributed by atoms with E-state index in [1.807, 2.05) is 16.7 Å². The van der Waals surface area contributed by atoms with Crippen molar-refractivity contribution in [1.29, 1.82) is 0 Å². The third-order valence-electron chi connectivity index (χ3n) is 6.77. The zero-order valence-corrected chi connectivity index (χ0v) is 18.5. The van der Waals surface area contributed by atoms with E-state index in [0.29, 0.717) is 19.0 Å². The number of aliphatic hydroxyl groups is 1. The number of nitrogens with zero attached hydrogens (tertiary/aromatic N) is 4. The molecule has 0 radical (unpaired) electrons. The second-order valence-electron chi connectivity index (χ2n) is 10.1. The van der Waals surface area contributed by atoms with Crippen molar-refractivity contribution in [3.63, 3.8) is 0 Å². The molecule has 0 aromatic carbocycles. The van der Waals surface area contributed by atoms with Crippen LogP contribution in [0.25, 0.3) is 0 Å². The predicted octanol–water partition coefficient (Wildman–Crippen LogP) is 3.82. The maximum absolute atomic E-state index is 13.2. The highest BCUT2D eigenvalue weighted by molar-refractivity contribution is 6.18. The molecule has 1 saturated carbocycles. The van der Waals surface area contributed by atoms with Gasteiger partial charge in [0.15, 0.2) is 11.7 Å². The van der Waals surface area contributed by atoms with Gasteiger partial charge in [0.25, 0.3) is 0 Å². The Labute approximate surface area is 173 Å². The van der Waals surface area contributed by atoms with Crippen molar-refractivity contribution < 1.29 is 9.90 Å². The maximum atomic E-state index is 13.2. The molecule has 0 unspecified atom stereocenters. The van der Waals surface area contributed by atoms with Gasteiger partial charge >= 0.3 is 6.03 Å². The SMILES string of the molecule is CCCN1C(=O)N2C[C@@H](CC(C)C)N=C2c2[nH]c(C3(C)CCC(C)(O)CC3)nc21. The number of H-pyrrole nitrogens is 1. The monoisotopic (exact) mass is 401 g/mol. The number of hydrogen-bond donors (Lipinski definition) is 2. The van der Waals surface area contributed by atoms with Crippen LogP contribution in [0, 0.1) is 5.92 Å². The van der Waals surface area contributed by atoms with Crippen LogP contribution in [0.3, 0.4) is 0 Å². The van der Waals surface area contributed by atoms with Gasteiger partial charge in [0.05, 0.1) is 18.2 Å². The highest BCUT2D eigenvalue weighted by atomic mass is 16.3. The van der Waals surface area contributed by atoms with E-state index < -0.39 is 5.60 Å². The fourth-order valence-corrected chi connectivity index (χ4v) is 4.86. The lowest BCUT2D eigenvalue weighted by molar-refractivity contribution is 0.00179. The molecule has 0 saturated heterocycles. The topological polar surface area (TPSA) is 84.8 Å². The molecular formula is C22H35N5O2. The van der Waals surface area contributed by atoms with Crippen molar-refractivity contribution in [2.75, 3.05) is 18.0 Å². The summed E-state index contributed by atoms with van der Waals surface area (Å²) in [5, 5.41) is 10.4. The first-order chi connectivity index (χ1) is 13.6. The van der Waals surface area contributed by atoms with Gasteiger partial charge in [-0.05, 0) is 51.4 Å². The number of aliphatic imine (C=N–C) groups is 1. The zero-order valence-electron chi connectivity index (χ0n) is 18.5. The normalized spacial score (nSPS) is 31.9. The first-order valence-electron chi connectivity index (χ1n) is 11.1. The number of anilines is 1. The minimum atomic E-state index is -0.591. The van der Waals surface area contributed by atoms with Crippen LogP contribution in [0.4, 0.5) is 10.6 Å². The molecule has 3 aliphatic rings. The van der Waals surface area contributed by atoms with Crippen LogP contribution in [-0.4, -0.2) is 56.6 Å². The Bertz CT molecular complexity index is 815. The fourth-order valence-electron chi connectivity index (χ4n) is 4.86. The number of carbonyl (C=O) groups is 1. The summed E-state index contributed by atoms with van der Waals surface area (Å²) < 4.78 is 0. The Balaban J connectivity index is 1.71. The molecule has 1 fully saturated rings. The Hall–Kier alpha value is -1.89. The lowest BCUT2D eigenvalue weighted by atomic mass is 9.70. The van der Waals surface area contributed by atoms with E-state index in [1.165, 1.54) is 0 Å². The number of aromatic nitrogens is 2. The smallest absolute Gasteiger partial charge is 0.331 e. The molecule has 2 N–H and O–H groups in total. The average Bonchev–Trinajstić information content (AvgIpc) is 3.26. The van der Waals surface area contributed by atoms with Crippen molar-refractivity contribution in [3.8, 4) is 0 Å². The summed E-state index contributed by atoms with van der Waals surface area (Å²) in [6.07, 6.45) is 5.13. The number of amides is 2. The van der Waals surface area contributed by atoms with Crippen LogP contribution in [0.2, 0.25) is 0 Å². The van der Waals surface area contributed by atoms with Crippen LogP contribution in [0.15, 0.2) is 4.99 Å². The molecule has 1 aromatic heterocycles. The van der Waals surface area contributed by atoms with E-state index in [0.717, 1.165) is 61.7 Å². The zero-order chi connectivity index (χ0) is 21.0.